The van der Waals surface area contributed by atoms with E-state index in [1.54, 1.807) is 18.5 Å². The van der Waals surface area contributed by atoms with Gasteiger partial charge in [-0.2, -0.15) is 0 Å². The number of aromatic nitrogens is 1. The quantitative estimate of drug-likeness (QED) is 0.922. The number of pyridine rings is 1. The average molecular weight is 298 g/mol. The Kier molecular flexibility index (Phi) is 3.80. The fourth-order valence-electron chi connectivity index (χ4n) is 1.34. The first-order valence-electron chi connectivity index (χ1n) is 4.84. The zero-order valence-corrected chi connectivity index (χ0v) is 10.8. The molecule has 0 saturated carbocycles. The Morgan fingerprint density at radius 3 is 2.81 bits per heavy atom. The number of anilines is 1. The highest BCUT2D eigenvalue weighted by atomic mass is 79.9. The summed E-state index contributed by atoms with van der Waals surface area (Å²) in [6.45, 7) is 0.715. The zero-order chi connectivity index (χ0) is 11.4. The molecule has 1 aromatic heterocycles. The van der Waals surface area contributed by atoms with Gasteiger partial charge in [-0.1, -0.05) is 45.7 Å². The summed E-state index contributed by atoms with van der Waals surface area (Å²) in [5, 5.41) is 3.93. The summed E-state index contributed by atoms with van der Waals surface area (Å²) in [4.78, 5) is 4.02. The summed E-state index contributed by atoms with van der Waals surface area (Å²) in [6, 6.07) is 9.84. The second-order valence-electron chi connectivity index (χ2n) is 3.30. The van der Waals surface area contributed by atoms with Crippen LogP contribution in [0, 0.1) is 0 Å². The molecule has 0 aliphatic rings. The summed E-state index contributed by atoms with van der Waals surface area (Å²) in [5.74, 6) is 0. The number of hydrogen-bond donors (Lipinski definition) is 1. The number of hydrogen-bond acceptors (Lipinski definition) is 2. The van der Waals surface area contributed by atoms with Crippen LogP contribution in [0.25, 0.3) is 0 Å². The van der Waals surface area contributed by atoms with Gasteiger partial charge in [-0.25, -0.2) is 0 Å². The number of benzene rings is 1. The van der Waals surface area contributed by atoms with Crippen molar-refractivity contribution in [1.29, 1.82) is 0 Å². The molecule has 1 aromatic carbocycles. The highest BCUT2D eigenvalue weighted by Crippen LogP contribution is 2.22. The van der Waals surface area contributed by atoms with Gasteiger partial charge in [-0.3, -0.25) is 4.98 Å². The van der Waals surface area contributed by atoms with Crippen molar-refractivity contribution < 1.29 is 0 Å². The predicted molar refractivity (Wildman–Crippen MR) is 70.7 cm³/mol. The molecule has 2 rings (SSSR count). The summed E-state index contributed by atoms with van der Waals surface area (Å²) in [5.41, 5.74) is 2.03. The van der Waals surface area contributed by atoms with Crippen LogP contribution in [0.4, 0.5) is 5.69 Å². The molecular weight excluding hydrogens is 288 g/mol. The highest BCUT2D eigenvalue weighted by Gasteiger charge is 2.01. The normalized spacial score (nSPS) is 10.1. The minimum Gasteiger partial charge on any atom is -0.378 e. The number of nitrogens with one attached hydrogen (secondary N) is 1. The third-order valence-corrected chi connectivity index (χ3v) is 3.30. The van der Waals surface area contributed by atoms with E-state index in [9.17, 15) is 0 Å². The van der Waals surface area contributed by atoms with E-state index in [0.29, 0.717) is 11.6 Å². The third kappa shape index (κ3) is 2.74. The zero-order valence-electron chi connectivity index (χ0n) is 8.45. The molecule has 0 amide bonds. The lowest BCUT2D eigenvalue weighted by Gasteiger charge is -2.08. The van der Waals surface area contributed by atoms with E-state index in [0.717, 1.165) is 10.2 Å². The molecule has 0 spiro atoms. The van der Waals surface area contributed by atoms with Crippen LogP contribution < -0.4 is 5.32 Å². The van der Waals surface area contributed by atoms with E-state index in [1.807, 2.05) is 18.2 Å². The molecule has 4 heteroatoms. The summed E-state index contributed by atoms with van der Waals surface area (Å²) in [6.07, 6.45) is 3.39. The lowest BCUT2D eigenvalue weighted by Crippen LogP contribution is -2.00. The van der Waals surface area contributed by atoms with Crippen molar-refractivity contribution in [3.05, 3.63) is 57.8 Å². The first-order chi connectivity index (χ1) is 7.77. The topological polar surface area (TPSA) is 24.9 Å². The smallest absolute Gasteiger partial charge is 0.0718 e. The van der Waals surface area contributed by atoms with Crippen LogP contribution >= 0.6 is 27.5 Å². The molecule has 2 nitrogen and oxygen atoms in total. The largest absolute Gasteiger partial charge is 0.378 e. The maximum atomic E-state index is 6.02. The van der Waals surface area contributed by atoms with Crippen molar-refractivity contribution >= 4 is 33.2 Å². The Labute approximate surface area is 108 Å². The number of rotatable bonds is 3. The van der Waals surface area contributed by atoms with E-state index in [4.69, 9.17) is 11.6 Å². The summed E-state index contributed by atoms with van der Waals surface area (Å²) in [7, 11) is 0. The Morgan fingerprint density at radius 2 is 2.06 bits per heavy atom. The van der Waals surface area contributed by atoms with Crippen LogP contribution in [0.2, 0.25) is 5.02 Å². The lowest BCUT2D eigenvalue weighted by atomic mass is 10.2. The molecule has 2 aromatic rings. The van der Waals surface area contributed by atoms with Crippen molar-refractivity contribution in [1.82, 2.24) is 4.98 Å². The van der Waals surface area contributed by atoms with Crippen LogP contribution in [0.15, 0.2) is 47.2 Å². The van der Waals surface area contributed by atoms with Gasteiger partial charge in [0.1, 0.15) is 0 Å². The molecule has 0 saturated heterocycles. The van der Waals surface area contributed by atoms with E-state index >= 15 is 0 Å². The van der Waals surface area contributed by atoms with Crippen molar-refractivity contribution in [3.63, 3.8) is 0 Å². The second kappa shape index (κ2) is 5.32. The predicted octanol–water partition coefficient (Wildman–Crippen LogP) is 4.11. The minimum absolute atomic E-state index is 0.682. The van der Waals surface area contributed by atoms with Gasteiger partial charge in [-0.15, -0.1) is 0 Å². The van der Waals surface area contributed by atoms with Crippen molar-refractivity contribution in [2.75, 3.05) is 5.32 Å². The SMILES string of the molecule is Clc1ccncc1NCc1ccccc1Br. The van der Waals surface area contributed by atoms with Crippen LogP contribution in [0.3, 0.4) is 0 Å². The van der Waals surface area contributed by atoms with Crippen molar-refractivity contribution in [2.24, 2.45) is 0 Å². The second-order valence-corrected chi connectivity index (χ2v) is 4.56. The molecule has 0 fully saturated rings. The van der Waals surface area contributed by atoms with Crippen LogP contribution in [-0.2, 0) is 6.54 Å². The summed E-state index contributed by atoms with van der Waals surface area (Å²) < 4.78 is 1.09. The Hall–Kier alpha value is -1.06. The molecular formula is C12H10BrClN2. The van der Waals surface area contributed by atoms with Gasteiger partial charge in [-0.05, 0) is 17.7 Å². The van der Waals surface area contributed by atoms with E-state index in [2.05, 4.69) is 32.3 Å². The van der Waals surface area contributed by atoms with Gasteiger partial charge in [0, 0.05) is 17.2 Å². The fraction of sp³-hybridized carbons (Fsp3) is 0.0833. The minimum atomic E-state index is 0.682. The maximum Gasteiger partial charge on any atom is 0.0718 e. The van der Waals surface area contributed by atoms with Crippen LogP contribution in [-0.4, -0.2) is 4.98 Å². The van der Waals surface area contributed by atoms with E-state index < -0.39 is 0 Å². The Bertz CT molecular complexity index is 442. The molecule has 0 aliphatic carbocycles. The Morgan fingerprint density at radius 1 is 1.25 bits per heavy atom. The molecule has 0 radical (unpaired) electrons. The van der Waals surface area contributed by atoms with Crippen LogP contribution in [0.5, 0.6) is 0 Å². The lowest BCUT2D eigenvalue weighted by molar-refractivity contribution is 1.13. The molecule has 0 aliphatic heterocycles. The van der Waals surface area contributed by atoms with Gasteiger partial charge >= 0.3 is 0 Å². The summed E-state index contributed by atoms with van der Waals surface area (Å²) >= 11 is 9.52. The molecule has 1 heterocycles. The Balaban J connectivity index is 2.09. The number of nitrogens with zero attached hydrogens (tertiary/aromatic N) is 1. The van der Waals surface area contributed by atoms with Gasteiger partial charge in [0.05, 0.1) is 16.9 Å². The van der Waals surface area contributed by atoms with E-state index in [-0.39, 0.29) is 0 Å². The fourth-order valence-corrected chi connectivity index (χ4v) is 1.94. The van der Waals surface area contributed by atoms with Gasteiger partial charge in [0.15, 0.2) is 0 Å². The van der Waals surface area contributed by atoms with Gasteiger partial charge < -0.3 is 5.32 Å². The highest BCUT2D eigenvalue weighted by molar-refractivity contribution is 9.10. The first kappa shape index (κ1) is 11.4. The van der Waals surface area contributed by atoms with Gasteiger partial charge in [0.25, 0.3) is 0 Å². The standard InChI is InChI=1S/C12H10BrClN2/c13-10-4-2-1-3-9(10)7-16-12-8-15-6-5-11(12)14/h1-6,8,16H,7H2. The first-order valence-corrected chi connectivity index (χ1v) is 6.01. The molecule has 0 atom stereocenters. The molecule has 0 unspecified atom stereocenters. The van der Waals surface area contributed by atoms with Crippen molar-refractivity contribution in [3.8, 4) is 0 Å². The van der Waals surface area contributed by atoms with Crippen LogP contribution in [0.1, 0.15) is 5.56 Å². The number of halogens is 2. The van der Waals surface area contributed by atoms with Crippen molar-refractivity contribution in [2.45, 2.75) is 6.54 Å². The van der Waals surface area contributed by atoms with E-state index in [1.165, 1.54) is 5.56 Å². The monoisotopic (exact) mass is 296 g/mol. The van der Waals surface area contributed by atoms with Gasteiger partial charge in [0.2, 0.25) is 0 Å². The molecule has 16 heavy (non-hydrogen) atoms. The average Bonchev–Trinajstić information content (AvgIpc) is 2.30. The molecule has 0 bridgehead atoms. The molecule has 82 valence electrons. The maximum absolute atomic E-state index is 6.02. The molecule has 1 N–H and O–H groups in total. The third-order valence-electron chi connectivity index (χ3n) is 2.19.